The third-order valence-corrected chi connectivity index (χ3v) is 10.2. The van der Waals surface area contributed by atoms with Crippen LogP contribution in [0.5, 0.6) is 5.75 Å². The number of amides is 2. The smallest absolute Gasteiger partial charge is 0.338 e. The van der Waals surface area contributed by atoms with Gasteiger partial charge in [0.15, 0.2) is 6.10 Å². The Morgan fingerprint density at radius 3 is 1.70 bits per heavy atom. The normalized spacial score (nSPS) is 25.1. The van der Waals surface area contributed by atoms with E-state index < -0.39 is 45.5 Å². The van der Waals surface area contributed by atoms with Crippen LogP contribution in [0.25, 0.3) is 0 Å². The average molecular weight is 626 g/mol. The molecule has 9 heteroatoms. The lowest BCUT2D eigenvalue weighted by molar-refractivity contribution is -0.122. The molecule has 3 aliphatic carbocycles. The first-order valence-corrected chi connectivity index (χ1v) is 14.8. The first-order valence-electron chi connectivity index (χ1n) is 14.1. The Kier molecular flexibility index (Phi) is 6.46. The molecule has 1 fully saturated rings. The number of Topliss-reactive ketones (excluding diaryl/α,β-unsaturated/α-hetero) is 1. The maximum atomic E-state index is 14.3. The van der Waals surface area contributed by atoms with E-state index in [-0.39, 0.29) is 17.0 Å². The highest BCUT2D eigenvalue weighted by Crippen LogP contribution is 2.69. The summed E-state index contributed by atoms with van der Waals surface area (Å²) in [5, 5.41) is 0. The number of anilines is 1. The van der Waals surface area contributed by atoms with E-state index in [4.69, 9.17) is 32.7 Å². The molecule has 2 amide bonds. The van der Waals surface area contributed by atoms with Crippen LogP contribution >= 0.6 is 23.2 Å². The second-order valence-corrected chi connectivity index (χ2v) is 12.4. The molecule has 3 atom stereocenters. The average Bonchev–Trinajstić information content (AvgIpc) is 3.33. The minimum Gasteiger partial charge on any atom is -0.497 e. The van der Waals surface area contributed by atoms with Crippen LogP contribution in [0.4, 0.5) is 5.69 Å². The number of carbonyl (C=O) groups is 4. The van der Waals surface area contributed by atoms with Crippen molar-refractivity contribution in [3.05, 3.63) is 130 Å². The van der Waals surface area contributed by atoms with E-state index in [1.165, 1.54) is 26.2 Å². The van der Waals surface area contributed by atoms with Gasteiger partial charge in [0.05, 0.1) is 30.2 Å². The molecule has 1 heterocycles. The summed E-state index contributed by atoms with van der Waals surface area (Å²) in [7, 11) is 1.52. The lowest BCUT2D eigenvalue weighted by Crippen LogP contribution is -2.57. The molecule has 4 aliphatic rings. The van der Waals surface area contributed by atoms with Crippen molar-refractivity contribution in [1.29, 1.82) is 0 Å². The molecule has 0 spiro atoms. The van der Waals surface area contributed by atoms with Gasteiger partial charge in [-0.25, -0.2) is 9.69 Å². The predicted molar refractivity (Wildman–Crippen MR) is 164 cm³/mol. The fraction of sp³-hybridized carbons (Fsp3) is 0.200. The van der Waals surface area contributed by atoms with Crippen molar-refractivity contribution in [2.24, 2.45) is 11.8 Å². The quantitative estimate of drug-likeness (QED) is 0.109. The van der Waals surface area contributed by atoms with Crippen molar-refractivity contribution in [2.75, 3.05) is 12.0 Å². The van der Waals surface area contributed by atoms with Crippen LogP contribution in [-0.2, 0) is 24.1 Å². The Balaban J connectivity index is 1.21. The SMILES string of the molecule is COc1ccc(C(=O)[C@H](C)OC(=O)c2cccc(N3C(=O)[C@@H]4[C@H](C3=O)C3(Cl)c5ccccc5C4(Cl)c4ccccc43)c2)cc1. The number of hydrogen-bond acceptors (Lipinski definition) is 6. The maximum Gasteiger partial charge on any atom is 0.338 e. The van der Waals surface area contributed by atoms with Crippen molar-refractivity contribution in [1.82, 2.24) is 0 Å². The molecule has 0 aromatic heterocycles. The van der Waals surface area contributed by atoms with Gasteiger partial charge in [-0.3, -0.25) is 14.4 Å². The summed E-state index contributed by atoms with van der Waals surface area (Å²) in [6, 6.07) is 27.3. The Morgan fingerprint density at radius 1 is 0.727 bits per heavy atom. The molecule has 0 N–H and O–H groups in total. The maximum absolute atomic E-state index is 14.3. The van der Waals surface area contributed by atoms with Crippen molar-refractivity contribution in [3.63, 3.8) is 0 Å². The van der Waals surface area contributed by atoms with Gasteiger partial charge in [0.1, 0.15) is 15.5 Å². The largest absolute Gasteiger partial charge is 0.497 e. The molecule has 4 aromatic carbocycles. The number of ketones is 1. The molecule has 1 saturated heterocycles. The van der Waals surface area contributed by atoms with E-state index in [1.54, 1.807) is 36.4 Å². The molecular weight excluding hydrogens is 601 g/mol. The molecule has 0 unspecified atom stereocenters. The van der Waals surface area contributed by atoms with E-state index in [0.29, 0.717) is 33.6 Å². The predicted octanol–water partition coefficient (Wildman–Crippen LogP) is 6.22. The Bertz CT molecular complexity index is 1760. The third-order valence-electron chi connectivity index (χ3n) is 8.95. The van der Waals surface area contributed by atoms with Gasteiger partial charge >= 0.3 is 5.97 Å². The van der Waals surface area contributed by atoms with Gasteiger partial charge in [-0.05, 0) is 71.6 Å². The van der Waals surface area contributed by atoms with Crippen molar-refractivity contribution in [3.8, 4) is 5.75 Å². The summed E-state index contributed by atoms with van der Waals surface area (Å²) in [6.07, 6.45) is -1.09. The zero-order valence-electron chi connectivity index (χ0n) is 23.6. The second kappa shape index (κ2) is 10.0. The molecule has 44 heavy (non-hydrogen) atoms. The van der Waals surface area contributed by atoms with Gasteiger partial charge in [-0.2, -0.15) is 0 Å². The fourth-order valence-corrected chi connectivity index (χ4v) is 8.06. The van der Waals surface area contributed by atoms with Gasteiger partial charge in [0.2, 0.25) is 17.6 Å². The summed E-state index contributed by atoms with van der Waals surface area (Å²) in [4.78, 5) is 53.0. The van der Waals surface area contributed by atoms with Crippen LogP contribution in [0.2, 0.25) is 0 Å². The number of methoxy groups -OCH3 is 1. The zero-order chi connectivity index (χ0) is 31.0. The monoisotopic (exact) mass is 625 g/mol. The molecule has 7 nitrogen and oxygen atoms in total. The minimum absolute atomic E-state index is 0.0723. The van der Waals surface area contributed by atoms with Crippen molar-refractivity contribution >= 4 is 52.5 Å². The standard InChI is InChI=1S/C35H25Cl2NO6/c1-19(30(39)20-14-16-23(43-2)17-15-20)44-33(42)21-8-7-9-22(18-21)38-31(40)28-29(32(38)41)35(37)25-11-4-3-10-24(25)34(28,36)26-12-5-6-13-27(26)35/h3-19,28-29H,1-2H3/t19-,28-,29+,34?,35?/m0/s1. The van der Waals surface area contributed by atoms with Crippen LogP contribution < -0.4 is 9.64 Å². The summed E-state index contributed by atoms with van der Waals surface area (Å²) in [5.41, 5.74) is 3.42. The van der Waals surface area contributed by atoms with Crippen LogP contribution in [-0.4, -0.2) is 36.8 Å². The summed E-state index contributed by atoms with van der Waals surface area (Å²) < 4.78 is 10.6. The van der Waals surface area contributed by atoms with Gasteiger partial charge in [-0.15, -0.1) is 23.2 Å². The van der Waals surface area contributed by atoms with E-state index in [9.17, 15) is 19.2 Å². The number of alkyl halides is 2. The second-order valence-electron chi connectivity index (χ2n) is 11.2. The van der Waals surface area contributed by atoms with E-state index >= 15 is 0 Å². The van der Waals surface area contributed by atoms with Crippen molar-refractivity contribution < 1.29 is 28.7 Å². The molecular formula is C35H25Cl2NO6. The molecule has 2 bridgehead atoms. The number of ether oxygens (including phenoxy) is 2. The number of halogens is 2. The van der Waals surface area contributed by atoms with Crippen LogP contribution in [0.1, 0.15) is 49.9 Å². The molecule has 220 valence electrons. The molecule has 4 aromatic rings. The third kappa shape index (κ3) is 3.75. The number of benzene rings is 4. The number of imide groups is 1. The van der Waals surface area contributed by atoms with Crippen LogP contribution in [0.15, 0.2) is 97.1 Å². The van der Waals surface area contributed by atoms with Crippen molar-refractivity contribution in [2.45, 2.75) is 22.8 Å². The fourth-order valence-electron chi connectivity index (χ4n) is 6.97. The summed E-state index contributed by atoms with van der Waals surface area (Å²) >= 11 is 15.0. The Morgan fingerprint density at radius 2 is 1.23 bits per heavy atom. The van der Waals surface area contributed by atoms with Crippen LogP contribution in [0.3, 0.4) is 0 Å². The highest BCUT2D eigenvalue weighted by atomic mass is 35.5. The minimum atomic E-state index is -1.32. The lowest BCUT2D eigenvalue weighted by atomic mass is 9.54. The van der Waals surface area contributed by atoms with Gasteiger partial charge in [0, 0.05) is 5.56 Å². The number of esters is 1. The van der Waals surface area contributed by atoms with E-state index in [2.05, 4.69) is 0 Å². The van der Waals surface area contributed by atoms with Crippen LogP contribution in [0, 0.1) is 11.8 Å². The van der Waals surface area contributed by atoms with Gasteiger partial charge in [-0.1, -0.05) is 54.6 Å². The topological polar surface area (TPSA) is 90.0 Å². The van der Waals surface area contributed by atoms with Gasteiger partial charge in [0.25, 0.3) is 0 Å². The van der Waals surface area contributed by atoms with E-state index in [1.807, 2.05) is 48.5 Å². The van der Waals surface area contributed by atoms with Gasteiger partial charge < -0.3 is 9.47 Å². The number of rotatable bonds is 6. The molecule has 0 saturated carbocycles. The Labute approximate surface area is 263 Å². The molecule has 0 radical (unpaired) electrons. The summed E-state index contributed by atoms with van der Waals surface area (Å²) in [5.74, 6) is -3.53. The number of nitrogens with zero attached hydrogens (tertiary/aromatic N) is 1. The number of hydrogen-bond donors (Lipinski definition) is 0. The highest BCUT2D eigenvalue weighted by molar-refractivity contribution is 6.38. The number of carbonyl (C=O) groups excluding carboxylic acids is 4. The Hall–Kier alpha value is -4.46. The highest BCUT2D eigenvalue weighted by Gasteiger charge is 2.73. The first-order chi connectivity index (χ1) is 21.1. The molecule has 1 aliphatic heterocycles. The summed E-state index contributed by atoms with van der Waals surface area (Å²) in [6.45, 7) is 1.48. The first kappa shape index (κ1) is 28.3. The lowest BCUT2D eigenvalue weighted by Gasteiger charge is -2.54. The van der Waals surface area contributed by atoms with E-state index in [0.717, 1.165) is 4.90 Å². The zero-order valence-corrected chi connectivity index (χ0v) is 25.1. The molecule has 8 rings (SSSR count).